The van der Waals surface area contributed by atoms with E-state index in [1.807, 2.05) is 74.5 Å². The van der Waals surface area contributed by atoms with Crippen LogP contribution in [0.3, 0.4) is 0 Å². The summed E-state index contributed by atoms with van der Waals surface area (Å²) < 4.78 is 2.26. The second-order valence-electron chi connectivity index (χ2n) is 7.84. The Kier molecular flexibility index (Phi) is 5.37. The van der Waals surface area contributed by atoms with E-state index in [-0.39, 0.29) is 17.5 Å². The van der Waals surface area contributed by atoms with Gasteiger partial charge < -0.3 is 4.57 Å². The summed E-state index contributed by atoms with van der Waals surface area (Å²) in [6, 6.07) is 21.5. The van der Waals surface area contributed by atoms with Crippen molar-refractivity contribution in [1.82, 2.24) is 4.57 Å². The molecule has 4 aromatic rings. The lowest BCUT2D eigenvalue weighted by Crippen LogP contribution is -2.07. The topological polar surface area (TPSA) is 39.1 Å². The lowest BCUT2D eigenvalue weighted by atomic mass is 9.99. The molecule has 0 saturated carbocycles. The van der Waals surface area contributed by atoms with Crippen molar-refractivity contribution in [2.45, 2.75) is 27.3 Å². The van der Waals surface area contributed by atoms with Gasteiger partial charge in [0.25, 0.3) is 0 Å². The Morgan fingerprint density at radius 1 is 0.867 bits per heavy atom. The van der Waals surface area contributed by atoms with Crippen molar-refractivity contribution in [3.05, 3.63) is 89.5 Å². The zero-order valence-electron chi connectivity index (χ0n) is 17.6. The zero-order valence-corrected chi connectivity index (χ0v) is 17.6. The van der Waals surface area contributed by atoms with Crippen molar-refractivity contribution < 1.29 is 9.59 Å². The van der Waals surface area contributed by atoms with E-state index in [1.54, 1.807) is 6.08 Å². The first kappa shape index (κ1) is 19.8. The summed E-state index contributed by atoms with van der Waals surface area (Å²) >= 11 is 0. The third-order valence-electron chi connectivity index (χ3n) is 5.50. The van der Waals surface area contributed by atoms with E-state index >= 15 is 0 Å². The molecule has 3 aromatic carbocycles. The van der Waals surface area contributed by atoms with Gasteiger partial charge in [-0.05, 0) is 48.9 Å². The van der Waals surface area contributed by atoms with Crippen LogP contribution in [0.2, 0.25) is 0 Å². The van der Waals surface area contributed by atoms with Gasteiger partial charge in [-0.1, -0.05) is 56.3 Å². The number of hydrogen-bond acceptors (Lipinski definition) is 2. The van der Waals surface area contributed by atoms with E-state index < -0.39 is 0 Å². The van der Waals surface area contributed by atoms with Gasteiger partial charge in [-0.25, -0.2) is 0 Å². The first-order valence-electron chi connectivity index (χ1n) is 10.4. The monoisotopic (exact) mass is 395 g/mol. The molecule has 150 valence electrons. The number of Topliss-reactive ketones (excluding diaryl/α,β-unsaturated/α-hetero) is 1. The number of hydrogen-bond donors (Lipinski definition) is 0. The van der Waals surface area contributed by atoms with Crippen molar-refractivity contribution in [2.75, 3.05) is 0 Å². The third kappa shape index (κ3) is 3.59. The SMILES string of the molecule is CCn1c2ccc(C=CC(=O)c3ccccc3)cc2c2cc(C(=O)C(C)C)ccc21. The Morgan fingerprint density at radius 3 is 2.20 bits per heavy atom. The molecular weight excluding hydrogens is 370 g/mol. The van der Waals surface area contributed by atoms with Crippen LogP contribution in [0.5, 0.6) is 0 Å². The minimum Gasteiger partial charge on any atom is -0.341 e. The summed E-state index contributed by atoms with van der Waals surface area (Å²) in [5, 5.41) is 2.17. The van der Waals surface area contributed by atoms with Crippen LogP contribution in [-0.2, 0) is 6.54 Å². The highest BCUT2D eigenvalue weighted by molar-refractivity contribution is 6.12. The maximum absolute atomic E-state index is 12.5. The molecule has 0 saturated heterocycles. The number of benzene rings is 3. The first-order valence-corrected chi connectivity index (χ1v) is 10.4. The molecule has 1 heterocycles. The molecule has 0 bridgehead atoms. The summed E-state index contributed by atoms with van der Waals surface area (Å²) in [7, 11) is 0. The number of nitrogens with zero attached hydrogens (tertiary/aromatic N) is 1. The lowest BCUT2D eigenvalue weighted by molar-refractivity contribution is 0.0939. The Labute approximate surface area is 176 Å². The number of aryl methyl sites for hydroxylation is 1. The Morgan fingerprint density at radius 2 is 1.53 bits per heavy atom. The highest BCUT2D eigenvalue weighted by Crippen LogP contribution is 2.31. The summed E-state index contributed by atoms with van der Waals surface area (Å²) in [4.78, 5) is 24.9. The van der Waals surface area contributed by atoms with Crippen LogP contribution >= 0.6 is 0 Å². The van der Waals surface area contributed by atoms with E-state index in [0.717, 1.165) is 39.5 Å². The summed E-state index contributed by atoms with van der Waals surface area (Å²) in [5.74, 6) is 0.0970. The molecule has 4 rings (SSSR count). The van der Waals surface area contributed by atoms with Gasteiger partial charge in [0.2, 0.25) is 0 Å². The molecule has 0 aliphatic carbocycles. The Bertz CT molecular complexity index is 1280. The summed E-state index contributed by atoms with van der Waals surface area (Å²) in [5.41, 5.74) is 4.63. The van der Waals surface area contributed by atoms with Crippen LogP contribution in [0.25, 0.3) is 27.9 Å². The van der Waals surface area contributed by atoms with E-state index in [2.05, 4.69) is 23.6 Å². The van der Waals surface area contributed by atoms with Gasteiger partial charge in [-0.15, -0.1) is 0 Å². The predicted octanol–water partition coefficient (Wildman–Crippen LogP) is 6.55. The quantitative estimate of drug-likeness (QED) is 0.274. The maximum Gasteiger partial charge on any atom is 0.185 e. The number of carbonyl (C=O) groups excluding carboxylic acids is 2. The van der Waals surface area contributed by atoms with Gasteiger partial charge in [0.15, 0.2) is 11.6 Å². The molecule has 0 aliphatic rings. The normalized spacial score (nSPS) is 11.7. The van der Waals surface area contributed by atoms with Crippen LogP contribution in [0.1, 0.15) is 47.1 Å². The van der Waals surface area contributed by atoms with Crippen LogP contribution in [0.4, 0.5) is 0 Å². The molecule has 0 N–H and O–H groups in total. The zero-order chi connectivity index (χ0) is 21.3. The van der Waals surface area contributed by atoms with E-state index in [4.69, 9.17) is 0 Å². The molecule has 0 atom stereocenters. The van der Waals surface area contributed by atoms with Crippen molar-refractivity contribution in [3.8, 4) is 0 Å². The van der Waals surface area contributed by atoms with Crippen LogP contribution in [0.15, 0.2) is 72.8 Å². The average Bonchev–Trinajstić information content (AvgIpc) is 3.09. The number of rotatable bonds is 6. The van der Waals surface area contributed by atoms with Gasteiger partial charge in [-0.3, -0.25) is 9.59 Å². The van der Waals surface area contributed by atoms with Gasteiger partial charge in [-0.2, -0.15) is 0 Å². The number of ketones is 2. The van der Waals surface area contributed by atoms with Crippen LogP contribution < -0.4 is 0 Å². The molecule has 1 aromatic heterocycles. The number of carbonyl (C=O) groups is 2. The Balaban J connectivity index is 1.79. The van der Waals surface area contributed by atoms with Gasteiger partial charge >= 0.3 is 0 Å². The molecule has 3 heteroatoms. The highest BCUT2D eigenvalue weighted by atomic mass is 16.1. The van der Waals surface area contributed by atoms with Crippen molar-refractivity contribution >= 4 is 39.4 Å². The Hall–Kier alpha value is -3.46. The largest absolute Gasteiger partial charge is 0.341 e. The van der Waals surface area contributed by atoms with Crippen molar-refractivity contribution in [2.24, 2.45) is 5.92 Å². The number of allylic oxidation sites excluding steroid dienone is 1. The van der Waals surface area contributed by atoms with Crippen LogP contribution in [0, 0.1) is 5.92 Å². The van der Waals surface area contributed by atoms with Gasteiger partial charge in [0.05, 0.1) is 0 Å². The minimum absolute atomic E-state index is 0.0171. The average molecular weight is 396 g/mol. The highest BCUT2D eigenvalue weighted by Gasteiger charge is 2.15. The minimum atomic E-state index is -0.0375. The molecule has 0 fully saturated rings. The lowest BCUT2D eigenvalue weighted by Gasteiger charge is -2.05. The number of aromatic nitrogens is 1. The predicted molar refractivity (Wildman–Crippen MR) is 124 cm³/mol. The second kappa shape index (κ2) is 8.11. The van der Waals surface area contributed by atoms with E-state index in [1.165, 1.54) is 0 Å². The van der Waals surface area contributed by atoms with Crippen LogP contribution in [-0.4, -0.2) is 16.1 Å². The standard InChI is InChI=1S/C27H25NO2/c1-4-28-24-13-10-19(11-15-26(29)20-8-6-5-7-9-20)16-22(24)23-17-21(12-14-25(23)28)27(30)18(2)3/h5-18H,4H2,1-3H3. The molecule has 0 amide bonds. The summed E-state index contributed by atoms with van der Waals surface area (Å²) in [6.45, 7) is 6.82. The molecule has 0 spiro atoms. The molecule has 0 radical (unpaired) electrons. The fourth-order valence-corrected chi connectivity index (χ4v) is 3.92. The van der Waals surface area contributed by atoms with E-state index in [0.29, 0.717) is 5.56 Å². The van der Waals surface area contributed by atoms with Gasteiger partial charge in [0, 0.05) is 45.4 Å². The fraction of sp³-hybridized carbons (Fsp3) is 0.185. The first-order chi connectivity index (χ1) is 14.5. The maximum atomic E-state index is 12.5. The summed E-state index contributed by atoms with van der Waals surface area (Å²) in [6.07, 6.45) is 3.47. The second-order valence-corrected chi connectivity index (χ2v) is 7.84. The van der Waals surface area contributed by atoms with Crippen molar-refractivity contribution in [1.29, 1.82) is 0 Å². The molecule has 3 nitrogen and oxygen atoms in total. The molecule has 30 heavy (non-hydrogen) atoms. The molecule has 0 aliphatic heterocycles. The van der Waals surface area contributed by atoms with Gasteiger partial charge in [0.1, 0.15) is 0 Å². The smallest absolute Gasteiger partial charge is 0.185 e. The molecular formula is C27H25NO2. The fourth-order valence-electron chi connectivity index (χ4n) is 3.92. The number of fused-ring (bicyclic) bond motifs is 3. The van der Waals surface area contributed by atoms with Crippen molar-refractivity contribution in [3.63, 3.8) is 0 Å². The molecule has 0 unspecified atom stereocenters. The third-order valence-corrected chi connectivity index (χ3v) is 5.50. The van der Waals surface area contributed by atoms with E-state index in [9.17, 15) is 9.59 Å².